The summed E-state index contributed by atoms with van der Waals surface area (Å²) in [7, 11) is -0.621. The molecule has 5 heterocycles. The van der Waals surface area contributed by atoms with E-state index in [1.807, 2.05) is 66.1 Å². The summed E-state index contributed by atoms with van der Waals surface area (Å²) in [6.45, 7) is 2.30. The molecule has 1 aliphatic heterocycles. The Bertz CT molecular complexity index is 2200. The number of fused-ring (bicyclic) bond motifs is 6. The van der Waals surface area contributed by atoms with Crippen molar-refractivity contribution in [1.29, 1.82) is 0 Å². The summed E-state index contributed by atoms with van der Waals surface area (Å²) in [5.41, 5.74) is 7.19. The molecular formula is C32H27N5O5S. The summed E-state index contributed by atoms with van der Waals surface area (Å²) in [6.07, 6.45) is 4.71. The molecule has 1 amide bonds. The first-order valence-corrected chi connectivity index (χ1v) is 15.4. The Kier molecular flexibility index (Phi) is 6.03. The van der Waals surface area contributed by atoms with Crippen molar-refractivity contribution in [3.8, 4) is 39.6 Å². The number of anilines is 1. The van der Waals surface area contributed by atoms with Crippen LogP contribution in [0.2, 0.25) is 0 Å². The van der Waals surface area contributed by atoms with Gasteiger partial charge in [0.2, 0.25) is 15.9 Å². The number of benzene rings is 2. The number of hydrogen-bond acceptors (Lipinski definition) is 7. The Balaban J connectivity index is 1.49. The summed E-state index contributed by atoms with van der Waals surface area (Å²) in [5.74, 6) is 0.510. The van der Waals surface area contributed by atoms with Gasteiger partial charge >= 0.3 is 0 Å². The number of aryl methyl sites for hydroxylation is 1. The number of aromatic nitrogens is 3. The van der Waals surface area contributed by atoms with Crippen LogP contribution in [0.5, 0.6) is 5.88 Å². The Hall–Kier alpha value is -5.16. The molecule has 43 heavy (non-hydrogen) atoms. The fraction of sp³-hybridized carbons (Fsp3) is 0.156. The van der Waals surface area contributed by atoms with E-state index in [-0.39, 0.29) is 5.91 Å². The van der Waals surface area contributed by atoms with Gasteiger partial charge in [-0.1, -0.05) is 35.9 Å². The smallest absolute Gasteiger partial charge is 0.255 e. The summed E-state index contributed by atoms with van der Waals surface area (Å²) in [4.78, 5) is 22.7. The zero-order valence-electron chi connectivity index (χ0n) is 23.9. The van der Waals surface area contributed by atoms with Gasteiger partial charge in [-0.3, -0.25) is 13.5 Å². The van der Waals surface area contributed by atoms with E-state index in [1.54, 1.807) is 25.4 Å². The zero-order chi connectivity index (χ0) is 30.0. The second-order valence-corrected chi connectivity index (χ2v) is 12.6. The highest BCUT2D eigenvalue weighted by atomic mass is 32.2. The molecular weight excluding hydrogens is 566 g/mol. The van der Waals surface area contributed by atoms with Gasteiger partial charge in [-0.05, 0) is 31.2 Å². The SMILES string of the molecule is CNC(=O)c1c(-c2ccc(C)cc2)oc2cc(N(C)S(C)(=O)=O)c(-c3cnc4c(c3)-c3nc5ccccn5c3CO4)cc12. The summed E-state index contributed by atoms with van der Waals surface area (Å²) < 4.78 is 41.1. The first kappa shape index (κ1) is 26.7. The minimum atomic E-state index is -3.67. The van der Waals surface area contributed by atoms with Gasteiger partial charge in [0.05, 0.1) is 28.8 Å². The number of rotatable bonds is 5. The third-order valence-corrected chi connectivity index (χ3v) is 8.99. The van der Waals surface area contributed by atoms with Gasteiger partial charge in [0.15, 0.2) is 0 Å². The van der Waals surface area contributed by atoms with Crippen molar-refractivity contribution in [2.45, 2.75) is 13.5 Å². The van der Waals surface area contributed by atoms with E-state index < -0.39 is 10.0 Å². The Morgan fingerprint density at radius 1 is 1.05 bits per heavy atom. The van der Waals surface area contributed by atoms with E-state index in [0.29, 0.717) is 57.2 Å². The number of sulfonamides is 1. The van der Waals surface area contributed by atoms with Crippen molar-refractivity contribution in [3.63, 3.8) is 0 Å². The van der Waals surface area contributed by atoms with Crippen molar-refractivity contribution in [1.82, 2.24) is 19.7 Å². The number of nitrogens with one attached hydrogen (secondary N) is 1. The highest BCUT2D eigenvalue weighted by Gasteiger charge is 2.28. The minimum absolute atomic E-state index is 0.320. The molecule has 10 nitrogen and oxygen atoms in total. The van der Waals surface area contributed by atoms with Crippen LogP contribution in [-0.2, 0) is 16.6 Å². The van der Waals surface area contributed by atoms with Crippen molar-refractivity contribution in [2.24, 2.45) is 0 Å². The lowest BCUT2D eigenvalue weighted by Crippen LogP contribution is -2.25. The first-order valence-electron chi connectivity index (χ1n) is 13.6. The van der Waals surface area contributed by atoms with Gasteiger partial charge in [-0.25, -0.2) is 18.4 Å². The zero-order valence-corrected chi connectivity index (χ0v) is 24.7. The average Bonchev–Trinajstić information content (AvgIpc) is 3.58. The number of hydrogen-bond donors (Lipinski definition) is 1. The maximum atomic E-state index is 13.3. The van der Waals surface area contributed by atoms with Crippen LogP contribution in [0.25, 0.3) is 50.3 Å². The van der Waals surface area contributed by atoms with Crippen LogP contribution >= 0.6 is 0 Å². The largest absolute Gasteiger partial charge is 0.471 e. The van der Waals surface area contributed by atoms with E-state index in [4.69, 9.17) is 14.1 Å². The number of furan rings is 1. The summed E-state index contributed by atoms with van der Waals surface area (Å²) in [5, 5.41) is 3.26. The second-order valence-electron chi connectivity index (χ2n) is 10.5. The molecule has 0 unspecified atom stereocenters. The quantitative estimate of drug-likeness (QED) is 0.283. The Labute approximate surface area is 247 Å². The standard InChI is InChI=1S/C32H27N5O5S/c1-18-8-10-19(11-9-18)30-28(31(38)33-2)22-14-21(24(15-26(22)42-30)36(3)43(4,39)40)20-13-23-29-25(17-41-32(23)34-16-20)37-12-6-5-7-27(37)35-29/h5-16H,17H2,1-4H3,(H,33,38). The lowest BCUT2D eigenvalue weighted by atomic mass is 9.97. The normalized spacial score (nSPS) is 12.6. The summed E-state index contributed by atoms with van der Waals surface area (Å²) >= 11 is 0. The second kappa shape index (κ2) is 9.70. The fourth-order valence-electron chi connectivity index (χ4n) is 5.48. The number of nitrogens with zero attached hydrogens (tertiary/aromatic N) is 4. The molecule has 4 aromatic heterocycles. The Morgan fingerprint density at radius 3 is 2.58 bits per heavy atom. The molecule has 0 atom stereocenters. The van der Waals surface area contributed by atoms with Crippen LogP contribution in [0.1, 0.15) is 21.6 Å². The van der Waals surface area contributed by atoms with Gasteiger partial charge in [0.25, 0.3) is 5.91 Å². The molecule has 0 bridgehead atoms. The highest BCUT2D eigenvalue weighted by Crippen LogP contribution is 2.44. The first-order chi connectivity index (χ1) is 20.6. The van der Waals surface area contributed by atoms with Crippen LogP contribution < -0.4 is 14.4 Å². The van der Waals surface area contributed by atoms with Gasteiger partial charge < -0.3 is 14.5 Å². The van der Waals surface area contributed by atoms with E-state index >= 15 is 0 Å². The molecule has 0 radical (unpaired) electrons. The Morgan fingerprint density at radius 2 is 1.84 bits per heavy atom. The van der Waals surface area contributed by atoms with Gasteiger partial charge in [-0.15, -0.1) is 0 Å². The molecule has 216 valence electrons. The van der Waals surface area contributed by atoms with Crippen molar-refractivity contribution < 1.29 is 22.4 Å². The summed E-state index contributed by atoms with van der Waals surface area (Å²) in [6, 6.07) is 18.8. The van der Waals surface area contributed by atoms with Crippen LogP contribution in [0, 0.1) is 6.92 Å². The number of carbonyl (C=O) groups excluding carboxylic acids is 1. The van der Waals surface area contributed by atoms with Crippen molar-refractivity contribution in [3.05, 3.63) is 89.9 Å². The molecule has 2 aromatic carbocycles. The molecule has 0 fully saturated rings. The minimum Gasteiger partial charge on any atom is -0.471 e. The molecule has 1 aliphatic rings. The van der Waals surface area contributed by atoms with Crippen LogP contribution in [0.4, 0.5) is 5.69 Å². The number of imidazole rings is 1. The van der Waals surface area contributed by atoms with Gasteiger partial charge in [-0.2, -0.15) is 0 Å². The topological polar surface area (TPSA) is 119 Å². The van der Waals surface area contributed by atoms with E-state index in [9.17, 15) is 13.2 Å². The molecule has 7 rings (SSSR count). The van der Waals surface area contributed by atoms with Gasteiger partial charge in [0.1, 0.15) is 29.3 Å². The molecule has 0 saturated heterocycles. The molecule has 0 spiro atoms. The number of carbonyl (C=O) groups is 1. The maximum Gasteiger partial charge on any atom is 0.255 e. The van der Waals surface area contributed by atoms with E-state index in [0.717, 1.165) is 34.4 Å². The molecule has 0 aliphatic carbocycles. The molecule has 6 aromatic rings. The number of ether oxygens (including phenoxy) is 1. The van der Waals surface area contributed by atoms with Crippen molar-refractivity contribution >= 4 is 38.2 Å². The fourth-order valence-corrected chi connectivity index (χ4v) is 5.99. The number of amides is 1. The lowest BCUT2D eigenvalue weighted by molar-refractivity contribution is 0.0964. The maximum absolute atomic E-state index is 13.3. The number of pyridine rings is 2. The predicted octanol–water partition coefficient (Wildman–Crippen LogP) is 5.43. The third kappa shape index (κ3) is 4.31. The van der Waals surface area contributed by atoms with Crippen LogP contribution in [0.15, 0.2) is 77.5 Å². The van der Waals surface area contributed by atoms with Crippen LogP contribution in [-0.4, -0.2) is 49.0 Å². The lowest BCUT2D eigenvalue weighted by Gasteiger charge is -2.22. The molecule has 1 N–H and O–H groups in total. The van der Waals surface area contributed by atoms with Gasteiger partial charge in [0, 0.05) is 54.6 Å². The third-order valence-electron chi connectivity index (χ3n) is 7.80. The monoisotopic (exact) mass is 593 g/mol. The van der Waals surface area contributed by atoms with Crippen LogP contribution in [0.3, 0.4) is 0 Å². The van der Waals surface area contributed by atoms with E-state index in [1.165, 1.54) is 11.4 Å². The molecule has 0 saturated carbocycles. The molecule has 11 heteroatoms. The van der Waals surface area contributed by atoms with E-state index in [2.05, 4.69) is 10.3 Å². The van der Waals surface area contributed by atoms with Crippen molar-refractivity contribution in [2.75, 3.05) is 24.7 Å². The average molecular weight is 594 g/mol. The predicted molar refractivity (Wildman–Crippen MR) is 165 cm³/mol. The highest BCUT2D eigenvalue weighted by molar-refractivity contribution is 7.92.